The van der Waals surface area contributed by atoms with Gasteiger partial charge in [-0.05, 0) is 6.07 Å². The second kappa shape index (κ2) is 6.73. The van der Waals surface area contributed by atoms with Gasteiger partial charge in [0.1, 0.15) is 17.9 Å². The molecule has 0 atom stereocenters. The fourth-order valence-electron chi connectivity index (χ4n) is 1.81. The molecule has 0 aromatic carbocycles. The average molecular weight is 329 g/mol. The monoisotopic (exact) mass is 328 g/mol. The summed E-state index contributed by atoms with van der Waals surface area (Å²) in [6.07, 6.45) is 3.02. The van der Waals surface area contributed by atoms with Gasteiger partial charge in [0, 0.05) is 20.3 Å². The number of carbonyl (C=O) groups is 1. The lowest BCUT2D eigenvalue weighted by Gasteiger charge is -2.26. The highest BCUT2D eigenvalue weighted by Gasteiger charge is 2.24. The third kappa shape index (κ3) is 3.43. The number of carbonyl (C=O) groups excluding carboxylic acids is 1. The zero-order valence-electron chi connectivity index (χ0n) is 11.5. The minimum atomic E-state index is -0.306. The summed E-state index contributed by atoms with van der Waals surface area (Å²) in [5, 5.41) is 6.93. The molecule has 2 aromatic rings. The lowest BCUT2D eigenvalue weighted by molar-refractivity contribution is -0.116. The lowest BCUT2D eigenvalue weighted by Crippen LogP contribution is -2.33. The van der Waals surface area contributed by atoms with Crippen molar-refractivity contribution >= 4 is 40.6 Å². The SMILES string of the molecule is CN(C)c1ncnc(Cl)c1N(Cc1cc[nH]n1)C(=O)CCl. The van der Waals surface area contributed by atoms with Crippen molar-refractivity contribution in [2.24, 2.45) is 0 Å². The number of rotatable bonds is 5. The predicted molar refractivity (Wildman–Crippen MR) is 81.9 cm³/mol. The van der Waals surface area contributed by atoms with Crippen LogP contribution in [-0.2, 0) is 11.3 Å². The first-order chi connectivity index (χ1) is 10.0. The summed E-state index contributed by atoms with van der Waals surface area (Å²) in [5.41, 5.74) is 1.09. The molecular formula is C12H14Cl2N6O. The quantitative estimate of drug-likeness (QED) is 0.667. The van der Waals surface area contributed by atoms with Gasteiger partial charge >= 0.3 is 0 Å². The molecule has 112 valence electrons. The van der Waals surface area contributed by atoms with Crippen LogP contribution in [0.15, 0.2) is 18.6 Å². The number of aromatic nitrogens is 4. The van der Waals surface area contributed by atoms with Crippen LogP contribution in [0.25, 0.3) is 0 Å². The molecule has 0 saturated heterocycles. The molecule has 2 aromatic heterocycles. The number of halogens is 2. The van der Waals surface area contributed by atoms with Crippen LogP contribution < -0.4 is 9.80 Å². The van der Waals surface area contributed by atoms with Crippen LogP contribution >= 0.6 is 23.2 Å². The van der Waals surface area contributed by atoms with Crippen molar-refractivity contribution in [3.8, 4) is 0 Å². The largest absolute Gasteiger partial charge is 0.361 e. The van der Waals surface area contributed by atoms with Crippen LogP contribution in [0.3, 0.4) is 0 Å². The van der Waals surface area contributed by atoms with Gasteiger partial charge in [-0.2, -0.15) is 5.10 Å². The Morgan fingerprint density at radius 2 is 2.14 bits per heavy atom. The van der Waals surface area contributed by atoms with E-state index in [4.69, 9.17) is 23.2 Å². The Balaban J connectivity index is 2.48. The number of nitrogens with zero attached hydrogens (tertiary/aromatic N) is 5. The normalized spacial score (nSPS) is 10.5. The maximum Gasteiger partial charge on any atom is 0.242 e. The maximum absolute atomic E-state index is 12.2. The summed E-state index contributed by atoms with van der Waals surface area (Å²) in [7, 11) is 3.61. The van der Waals surface area contributed by atoms with E-state index in [9.17, 15) is 4.79 Å². The second-order valence-electron chi connectivity index (χ2n) is 4.41. The second-order valence-corrected chi connectivity index (χ2v) is 5.04. The van der Waals surface area contributed by atoms with E-state index in [2.05, 4.69) is 20.2 Å². The van der Waals surface area contributed by atoms with Gasteiger partial charge < -0.3 is 4.90 Å². The third-order valence-corrected chi connectivity index (χ3v) is 3.25. The molecule has 1 amide bonds. The summed E-state index contributed by atoms with van der Waals surface area (Å²) in [5.74, 6) is 0.0474. The molecular weight excluding hydrogens is 315 g/mol. The number of anilines is 2. The highest BCUT2D eigenvalue weighted by Crippen LogP contribution is 2.33. The molecule has 7 nitrogen and oxygen atoms in total. The Labute approximate surface area is 131 Å². The van der Waals surface area contributed by atoms with Crippen LogP contribution in [0.1, 0.15) is 5.69 Å². The molecule has 2 rings (SSSR count). The molecule has 0 radical (unpaired) electrons. The molecule has 0 fully saturated rings. The van der Waals surface area contributed by atoms with Gasteiger partial charge in [-0.25, -0.2) is 9.97 Å². The van der Waals surface area contributed by atoms with E-state index in [0.29, 0.717) is 17.2 Å². The van der Waals surface area contributed by atoms with Gasteiger partial charge in [0.25, 0.3) is 0 Å². The number of hydrogen-bond donors (Lipinski definition) is 1. The van der Waals surface area contributed by atoms with Gasteiger partial charge in [-0.1, -0.05) is 11.6 Å². The highest BCUT2D eigenvalue weighted by molar-refractivity contribution is 6.34. The Bertz CT molecular complexity index is 616. The molecule has 0 unspecified atom stereocenters. The molecule has 0 aliphatic heterocycles. The van der Waals surface area contributed by atoms with Gasteiger partial charge in [-0.15, -0.1) is 11.6 Å². The fraction of sp³-hybridized carbons (Fsp3) is 0.333. The van der Waals surface area contributed by atoms with Crippen molar-refractivity contribution < 1.29 is 4.79 Å². The zero-order chi connectivity index (χ0) is 15.4. The number of nitrogens with one attached hydrogen (secondary N) is 1. The summed E-state index contributed by atoms with van der Waals surface area (Å²) in [6.45, 7) is 0.225. The van der Waals surface area contributed by atoms with Crippen molar-refractivity contribution in [3.63, 3.8) is 0 Å². The van der Waals surface area contributed by atoms with Gasteiger partial charge in [0.2, 0.25) is 5.91 Å². The number of amides is 1. The summed E-state index contributed by atoms with van der Waals surface area (Å²) in [6, 6.07) is 1.77. The van der Waals surface area contributed by atoms with Gasteiger partial charge in [-0.3, -0.25) is 14.8 Å². The molecule has 0 aliphatic carbocycles. The van der Waals surface area contributed by atoms with E-state index in [-0.39, 0.29) is 23.5 Å². The van der Waals surface area contributed by atoms with E-state index < -0.39 is 0 Å². The molecule has 1 N–H and O–H groups in total. The first-order valence-electron chi connectivity index (χ1n) is 6.07. The predicted octanol–water partition coefficient (Wildman–Crippen LogP) is 1.69. The van der Waals surface area contributed by atoms with Crippen molar-refractivity contribution in [1.29, 1.82) is 0 Å². The summed E-state index contributed by atoms with van der Waals surface area (Å²) in [4.78, 5) is 23.5. The van der Waals surface area contributed by atoms with E-state index in [0.717, 1.165) is 0 Å². The van der Waals surface area contributed by atoms with Crippen LogP contribution in [-0.4, -0.2) is 46.0 Å². The van der Waals surface area contributed by atoms with Crippen molar-refractivity contribution in [2.75, 3.05) is 29.8 Å². The molecule has 21 heavy (non-hydrogen) atoms. The number of hydrogen-bond acceptors (Lipinski definition) is 5. The van der Waals surface area contributed by atoms with E-state index in [1.54, 1.807) is 31.3 Å². The minimum absolute atomic E-state index is 0.178. The maximum atomic E-state index is 12.2. The van der Waals surface area contributed by atoms with Gasteiger partial charge in [0.15, 0.2) is 11.0 Å². The number of H-pyrrole nitrogens is 1. The van der Waals surface area contributed by atoms with Crippen molar-refractivity contribution in [2.45, 2.75) is 6.54 Å². The molecule has 0 bridgehead atoms. The molecule has 9 heteroatoms. The zero-order valence-corrected chi connectivity index (χ0v) is 13.1. The smallest absolute Gasteiger partial charge is 0.242 e. The number of alkyl halides is 1. The Morgan fingerprint density at radius 1 is 1.38 bits per heavy atom. The van der Waals surface area contributed by atoms with Crippen LogP contribution in [0, 0.1) is 0 Å². The van der Waals surface area contributed by atoms with Crippen molar-refractivity contribution in [1.82, 2.24) is 20.2 Å². The molecule has 2 heterocycles. The Morgan fingerprint density at radius 3 is 2.71 bits per heavy atom. The molecule has 0 spiro atoms. The standard InChI is InChI=1S/C12H14Cl2N6O/c1-19(2)12-10(11(14)15-7-16-12)20(9(21)5-13)6-8-3-4-17-18-8/h3-4,7H,5-6H2,1-2H3,(H,17,18). The topological polar surface area (TPSA) is 78.0 Å². The van der Waals surface area contributed by atoms with E-state index >= 15 is 0 Å². The first-order valence-corrected chi connectivity index (χ1v) is 6.98. The fourth-order valence-corrected chi connectivity index (χ4v) is 2.19. The van der Waals surface area contributed by atoms with E-state index in [1.807, 2.05) is 0 Å². The van der Waals surface area contributed by atoms with Crippen LogP contribution in [0.5, 0.6) is 0 Å². The van der Waals surface area contributed by atoms with Gasteiger partial charge in [0.05, 0.1) is 12.2 Å². The number of aromatic amines is 1. The lowest BCUT2D eigenvalue weighted by atomic mass is 10.3. The minimum Gasteiger partial charge on any atom is -0.361 e. The molecule has 0 saturated carbocycles. The molecule has 0 aliphatic rings. The van der Waals surface area contributed by atoms with Crippen LogP contribution in [0.4, 0.5) is 11.5 Å². The summed E-state index contributed by atoms with van der Waals surface area (Å²) >= 11 is 11.9. The van der Waals surface area contributed by atoms with Crippen LogP contribution in [0.2, 0.25) is 5.15 Å². The average Bonchev–Trinajstić information content (AvgIpc) is 2.97. The highest BCUT2D eigenvalue weighted by atomic mass is 35.5. The first kappa shape index (κ1) is 15.5. The van der Waals surface area contributed by atoms with Crippen molar-refractivity contribution in [3.05, 3.63) is 29.4 Å². The van der Waals surface area contributed by atoms with E-state index in [1.165, 1.54) is 11.2 Å². The summed E-state index contributed by atoms with van der Waals surface area (Å²) < 4.78 is 0. The Hall–Kier alpha value is -1.86. The third-order valence-electron chi connectivity index (χ3n) is 2.75. The Kier molecular flexibility index (Phi) is 4.98.